The number of carbonyl (C=O) groups excluding carboxylic acids is 2. The maximum Gasteiger partial charge on any atom is 0.397 e. The van der Waals surface area contributed by atoms with Gasteiger partial charge in [0, 0.05) is 13.1 Å². The largest absolute Gasteiger partial charge is 0.435 e. The van der Waals surface area contributed by atoms with Crippen molar-refractivity contribution in [2.24, 2.45) is 5.73 Å². The van der Waals surface area contributed by atoms with E-state index >= 15 is 0 Å². The fraction of sp³-hybridized carbons (Fsp3) is 0.667. The molecule has 0 aliphatic carbocycles. The third kappa shape index (κ3) is 2.35. The van der Waals surface area contributed by atoms with E-state index < -0.39 is 12.2 Å². The highest BCUT2D eigenvalue weighted by Gasteiger charge is 2.32. The molecule has 7 heteroatoms. The van der Waals surface area contributed by atoms with E-state index in [-0.39, 0.29) is 12.5 Å². The van der Waals surface area contributed by atoms with Gasteiger partial charge in [-0.2, -0.15) is 0 Å². The molecule has 2 radical (unpaired) electrons. The van der Waals surface area contributed by atoms with Crippen molar-refractivity contribution in [1.82, 2.24) is 10.1 Å². The number of nitrogens with one attached hydrogen (secondary N) is 1. The number of amides is 2. The summed E-state index contributed by atoms with van der Waals surface area (Å²) in [7, 11) is 5.19. The molecule has 0 aromatic carbocycles. The average Bonchev–Trinajstić information content (AvgIpc) is 2.43. The molecule has 1 atom stereocenters. The van der Waals surface area contributed by atoms with E-state index in [0.29, 0.717) is 13.1 Å². The van der Waals surface area contributed by atoms with Crippen molar-refractivity contribution in [3.63, 3.8) is 0 Å². The van der Waals surface area contributed by atoms with Crippen LogP contribution < -0.4 is 11.1 Å². The van der Waals surface area contributed by atoms with Crippen molar-refractivity contribution < 1.29 is 14.3 Å². The zero-order chi connectivity index (χ0) is 9.84. The summed E-state index contributed by atoms with van der Waals surface area (Å²) < 4.78 is 4.64. The monoisotopic (exact) mass is 183 g/mol. The maximum absolute atomic E-state index is 11.2. The SMILES string of the molecule is [B]N1CC(C(=O)NCCN)OC1=O. The third-order valence-corrected chi connectivity index (χ3v) is 1.58. The number of carbonyl (C=O) groups is 2. The molecule has 0 spiro atoms. The van der Waals surface area contributed by atoms with Crippen LogP contribution in [0.3, 0.4) is 0 Å². The second-order valence-electron chi connectivity index (χ2n) is 2.60. The molecule has 1 fully saturated rings. The van der Waals surface area contributed by atoms with Crippen LogP contribution in [-0.2, 0) is 9.53 Å². The highest BCUT2D eigenvalue weighted by molar-refractivity contribution is 6.14. The molecule has 1 aliphatic heterocycles. The number of nitrogens with two attached hydrogens (primary N) is 1. The van der Waals surface area contributed by atoms with Gasteiger partial charge in [-0.25, -0.2) is 4.79 Å². The number of cyclic esters (lactones) is 1. The number of hydrogen-bond donors (Lipinski definition) is 2. The Morgan fingerprint density at radius 2 is 2.54 bits per heavy atom. The molecule has 0 bridgehead atoms. The van der Waals surface area contributed by atoms with E-state index in [4.69, 9.17) is 13.7 Å². The van der Waals surface area contributed by atoms with E-state index in [9.17, 15) is 9.59 Å². The summed E-state index contributed by atoms with van der Waals surface area (Å²) >= 11 is 0. The standard InChI is InChI=1S/C6H10BN3O3/c7-10-3-4(13-6(10)12)5(11)9-2-1-8/h4H,1-3,8H2,(H,9,11). The second kappa shape index (κ2) is 4.13. The van der Waals surface area contributed by atoms with Gasteiger partial charge in [-0.1, -0.05) is 0 Å². The Bertz CT molecular complexity index is 223. The Labute approximate surface area is 76.8 Å². The lowest BCUT2D eigenvalue weighted by Crippen LogP contribution is -2.39. The Hall–Kier alpha value is -1.24. The Balaban J connectivity index is 2.37. The fourth-order valence-electron chi connectivity index (χ4n) is 0.925. The van der Waals surface area contributed by atoms with Gasteiger partial charge in [0.15, 0.2) is 6.10 Å². The van der Waals surface area contributed by atoms with E-state index in [1.165, 1.54) is 0 Å². The van der Waals surface area contributed by atoms with Crippen LogP contribution in [0.1, 0.15) is 0 Å². The topological polar surface area (TPSA) is 84.7 Å². The van der Waals surface area contributed by atoms with Crippen molar-refractivity contribution in [2.45, 2.75) is 6.10 Å². The predicted octanol–water partition coefficient (Wildman–Crippen LogP) is -2.03. The Morgan fingerprint density at radius 3 is 3.00 bits per heavy atom. The molecule has 1 heterocycles. The first-order chi connectivity index (χ1) is 6.15. The van der Waals surface area contributed by atoms with Crippen molar-refractivity contribution in [3.8, 4) is 0 Å². The van der Waals surface area contributed by atoms with E-state index in [1.807, 2.05) is 0 Å². The van der Waals surface area contributed by atoms with Crippen LogP contribution in [-0.4, -0.2) is 50.5 Å². The molecule has 3 N–H and O–H groups in total. The third-order valence-electron chi connectivity index (χ3n) is 1.58. The zero-order valence-corrected chi connectivity index (χ0v) is 7.03. The molecular formula is C6H10BN3O3. The lowest BCUT2D eigenvalue weighted by molar-refractivity contribution is -0.127. The fourth-order valence-corrected chi connectivity index (χ4v) is 0.925. The average molecular weight is 183 g/mol. The number of nitrogens with zero attached hydrogens (tertiary/aromatic N) is 1. The van der Waals surface area contributed by atoms with Crippen LogP contribution in [0, 0.1) is 0 Å². The first-order valence-corrected chi connectivity index (χ1v) is 3.85. The Morgan fingerprint density at radius 1 is 1.85 bits per heavy atom. The smallest absolute Gasteiger partial charge is 0.397 e. The molecule has 2 amide bonds. The molecule has 1 rings (SSSR count). The van der Waals surface area contributed by atoms with E-state index in [1.54, 1.807) is 0 Å². The summed E-state index contributed by atoms with van der Waals surface area (Å²) in [5.74, 6) is -0.369. The second-order valence-corrected chi connectivity index (χ2v) is 2.60. The van der Waals surface area contributed by atoms with Gasteiger partial charge in [0.2, 0.25) is 7.98 Å². The molecule has 1 aliphatic rings. The van der Waals surface area contributed by atoms with E-state index in [0.717, 1.165) is 4.81 Å². The van der Waals surface area contributed by atoms with Gasteiger partial charge >= 0.3 is 6.09 Å². The van der Waals surface area contributed by atoms with Crippen LogP contribution in [0.25, 0.3) is 0 Å². The first kappa shape index (κ1) is 9.85. The minimum atomic E-state index is -0.816. The van der Waals surface area contributed by atoms with Gasteiger partial charge in [0.25, 0.3) is 5.91 Å². The van der Waals surface area contributed by atoms with Crippen LogP contribution in [0.2, 0.25) is 0 Å². The van der Waals surface area contributed by atoms with Crippen LogP contribution in [0.5, 0.6) is 0 Å². The normalized spacial score (nSPS) is 21.5. The molecule has 6 nitrogen and oxygen atoms in total. The molecule has 1 unspecified atom stereocenters. The molecule has 70 valence electrons. The summed E-state index contributed by atoms with van der Waals surface area (Å²) in [4.78, 5) is 22.8. The number of ether oxygens (including phenoxy) is 1. The van der Waals surface area contributed by atoms with Crippen molar-refractivity contribution >= 4 is 20.0 Å². The van der Waals surface area contributed by atoms with Gasteiger partial charge < -0.3 is 20.6 Å². The van der Waals surface area contributed by atoms with Gasteiger partial charge in [-0.3, -0.25) is 4.79 Å². The van der Waals surface area contributed by atoms with Crippen molar-refractivity contribution in [3.05, 3.63) is 0 Å². The predicted molar refractivity (Wildman–Crippen MR) is 44.8 cm³/mol. The Kier molecular flexibility index (Phi) is 3.13. The van der Waals surface area contributed by atoms with Gasteiger partial charge in [-0.05, 0) is 0 Å². The molecule has 0 aromatic rings. The molecule has 0 saturated carbocycles. The zero-order valence-electron chi connectivity index (χ0n) is 7.03. The highest BCUT2D eigenvalue weighted by atomic mass is 16.6. The quantitative estimate of drug-likeness (QED) is 0.494. The first-order valence-electron chi connectivity index (χ1n) is 3.85. The summed E-state index contributed by atoms with van der Waals surface area (Å²) in [5.41, 5.74) is 5.17. The lowest BCUT2D eigenvalue weighted by atomic mass is 10.2. The molecule has 0 aromatic heterocycles. The van der Waals surface area contributed by atoms with Crippen LogP contribution in [0.4, 0.5) is 4.79 Å². The maximum atomic E-state index is 11.2. The minimum Gasteiger partial charge on any atom is -0.435 e. The van der Waals surface area contributed by atoms with Gasteiger partial charge in [0.1, 0.15) is 0 Å². The van der Waals surface area contributed by atoms with Gasteiger partial charge in [-0.15, -0.1) is 0 Å². The number of rotatable bonds is 3. The van der Waals surface area contributed by atoms with Crippen molar-refractivity contribution in [2.75, 3.05) is 19.6 Å². The summed E-state index contributed by atoms with van der Waals surface area (Å²) in [6, 6.07) is 0. The minimum absolute atomic E-state index is 0.0786. The molecular weight excluding hydrogens is 173 g/mol. The molecule has 1 saturated heterocycles. The lowest BCUT2D eigenvalue weighted by Gasteiger charge is -2.07. The summed E-state index contributed by atoms with van der Waals surface area (Å²) in [6.45, 7) is 0.783. The number of hydrogen-bond acceptors (Lipinski definition) is 4. The summed E-state index contributed by atoms with van der Waals surface area (Å²) in [6.07, 6.45) is -1.50. The summed E-state index contributed by atoms with van der Waals surface area (Å²) in [5, 5.41) is 2.49. The highest BCUT2D eigenvalue weighted by Crippen LogP contribution is 2.07. The van der Waals surface area contributed by atoms with E-state index in [2.05, 4.69) is 10.1 Å². The van der Waals surface area contributed by atoms with Crippen molar-refractivity contribution in [1.29, 1.82) is 0 Å². The van der Waals surface area contributed by atoms with Crippen LogP contribution in [0.15, 0.2) is 0 Å². The molecule has 13 heavy (non-hydrogen) atoms. The van der Waals surface area contributed by atoms with Gasteiger partial charge in [0.05, 0.1) is 6.54 Å². The van der Waals surface area contributed by atoms with Crippen LogP contribution >= 0.6 is 0 Å².